The van der Waals surface area contributed by atoms with Crippen LogP contribution in [0.1, 0.15) is 33.3 Å². The van der Waals surface area contributed by atoms with Crippen LogP contribution in [0, 0.1) is 0 Å². The van der Waals surface area contributed by atoms with Gasteiger partial charge in [-0.15, -0.1) is 11.8 Å². The summed E-state index contributed by atoms with van der Waals surface area (Å²) in [5, 5.41) is 5.35. The van der Waals surface area contributed by atoms with Crippen LogP contribution in [0.5, 0.6) is 0 Å². The van der Waals surface area contributed by atoms with E-state index in [0.717, 1.165) is 12.0 Å². The third-order valence-electron chi connectivity index (χ3n) is 3.36. The molecule has 1 aromatic carbocycles. The van der Waals surface area contributed by atoms with Gasteiger partial charge < -0.3 is 20.1 Å². The first kappa shape index (κ1) is 23.8. The predicted molar refractivity (Wildman–Crippen MR) is 110 cm³/mol. The molecule has 2 N–H and O–H groups in total. The van der Waals surface area contributed by atoms with Crippen LogP contribution >= 0.6 is 11.8 Å². The van der Waals surface area contributed by atoms with Crippen molar-refractivity contribution >= 4 is 29.7 Å². The standard InChI is InChI=1S/C20H30N2O5S/c1-5-26-18(24)16(22-19(25)27-20(2,3)4)13-28-14-17(23)21-12-11-15-9-7-6-8-10-15/h6-10,16H,5,11-14H2,1-4H3,(H,21,23)(H,22,25)/t16-/m1/s1. The molecule has 0 unspecified atom stereocenters. The lowest BCUT2D eigenvalue weighted by Gasteiger charge is -2.22. The van der Waals surface area contributed by atoms with E-state index >= 15 is 0 Å². The minimum Gasteiger partial charge on any atom is -0.464 e. The van der Waals surface area contributed by atoms with Gasteiger partial charge in [-0.05, 0) is 39.7 Å². The summed E-state index contributed by atoms with van der Waals surface area (Å²) in [5.41, 5.74) is 0.481. The summed E-state index contributed by atoms with van der Waals surface area (Å²) in [5.74, 6) is -0.281. The molecule has 0 heterocycles. The number of amides is 2. The average Bonchev–Trinajstić information content (AvgIpc) is 2.60. The van der Waals surface area contributed by atoms with E-state index in [2.05, 4.69) is 10.6 Å². The Hall–Kier alpha value is -2.22. The number of nitrogens with one attached hydrogen (secondary N) is 2. The fourth-order valence-electron chi connectivity index (χ4n) is 2.17. The van der Waals surface area contributed by atoms with Crippen LogP contribution in [0.2, 0.25) is 0 Å². The van der Waals surface area contributed by atoms with E-state index in [1.54, 1.807) is 27.7 Å². The molecule has 0 fully saturated rings. The molecular weight excluding hydrogens is 380 g/mol. The summed E-state index contributed by atoms with van der Waals surface area (Å²) in [7, 11) is 0. The maximum absolute atomic E-state index is 12.0. The Labute approximate surface area is 170 Å². The van der Waals surface area contributed by atoms with Crippen molar-refractivity contribution in [2.45, 2.75) is 45.8 Å². The van der Waals surface area contributed by atoms with Crippen LogP contribution in [0.25, 0.3) is 0 Å². The maximum atomic E-state index is 12.0. The molecule has 2 amide bonds. The Morgan fingerprint density at radius 3 is 2.43 bits per heavy atom. The lowest BCUT2D eigenvalue weighted by Crippen LogP contribution is -2.46. The van der Waals surface area contributed by atoms with Crippen molar-refractivity contribution in [2.24, 2.45) is 0 Å². The highest BCUT2D eigenvalue weighted by atomic mass is 32.2. The van der Waals surface area contributed by atoms with E-state index < -0.39 is 23.7 Å². The smallest absolute Gasteiger partial charge is 0.408 e. The van der Waals surface area contributed by atoms with Crippen molar-refractivity contribution < 1.29 is 23.9 Å². The Morgan fingerprint density at radius 2 is 1.82 bits per heavy atom. The molecule has 0 aromatic heterocycles. The number of ether oxygens (including phenoxy) is 2. The molecule has 0 aliphatic carbocycles. The van der Waals surface area contributed by atoms with Gasteiger partial charge in [0.25, 0.3) is 0 Å². The van der Waals surface area contributed by atoms with Crippen molar-refractivity contribution in [1.29, 1.82) is 0 Å². The molecule has 156 valence electrons. The van der Waals surface area contributed by atoms with E-state index in [0.29, 0.717) is 6.54 Å². The molecule has 7 nitrogen and oxygen atoms in total. The third-order valence-corrected chi connectivity index (χ3v) is 4.39. The number of hydrogen-bond acceptors (Lipinski definition) is 6. The zero-order chi connectivity index (χ0) is 21.0. The van der Waals surface area contributed by atoms with Gasteiger partial charge in [0.2, 0.25) is 5.91 Å². The third kappa shape index (κ3) is 10.8. The Morgan fingerprint density at radius 1 is 1.14 bits per heavy atom. The van der Waals surface area contributed by atoms with Crippen LogP contribution in [0.4, 0.5) is 4.79 Å². The monoisotopic (exact) mass is 410 g/mol. The number of benzene rings is 1. The average molecular weight is 411 g/mol. The molecule has 1 atom stereocenters. The summed E-state index contributed by atoms with van der Waals surface area (Å²) in [6.45, 7) is 7.65. The molecule has 0 spiro atoms. The first-order chi connectivity index (χ1) is 13.2. The number of rotatable bonds is 10. The molecule has 0 aliphatic rings. The number of alkyl carbamates (subject to hydrolysis) is 1. The van der Waals surface area contributed by atoms with Gasteiger partial charge >= 0.3 is 12.1 Å². The molecule has 8 heteroatoms. The second-order valence-corrected chi connectivity index (χ2v) is 8.08. The van der Waals surface area contributed by atoms with E-state index in [4.69, 9.17) is 9.47 Å². The highest BCUT2D eigenvalue weighted by Gasteiger charge is 2.25. The van der Waals surface area contributed by atoms with Crippen LogP contribution in [-0.4, -0.2) is 54.3 Å². The van der Waals surface area contributed by atoms with Crippen molar-refractivity contribution in [3.05, 3.63) is 35.9 Å². The zero-order valence-corrected chi connectivity index (χ0v) is 17.8. The van der Waals surface area contributed by atoms with E-state index in [1.807, 2.05) is 30.3 Å². The SMILES string of the molecule is CCOC(=O)[C@@H](CSCC(=O)NCCc1ccccc1)NC(=O)OC(C)(C)C. The molecular formula is C20H30N2O5S. The molecule has 0 saturated heterocycles. The first-order valence-corrected chi connectivity index (χ1v) is 10.4. The fourth-order valence-corrected chi connectivity index (χ4v) is 3.03. The number of thioether (sulfide) groups is 1. The van der Waals surface area contributed by atoms with Gasteiger partial charge in [-0.2, -0.15) is 0 Å². The molecule has 0 saturated carbocycles. The van der Waals surface area contributed by atoms with Gasteiger partial charge in [0, 0.05) is 12.3 Å². The summed E-state index contributed by atoms with van der Waals surface area (Å²) in [6, 6.07) is 9.00. The highest BCUT2D eigenvalue weighted by molar-refractivity contribution is 8.00. The van der Waals surface area contributed by atoms with Gasteiger partial charge in [0.15, 0.2) is 0 Å². The second-order valence-electron chi connectivity index (χ2n) is 7.05. The summed E-state index contributed by atoms with van der Waals surface area (Å²) in [4.78, 5) is 35.9. The van der Waals surface area contributed by atoms with Crippen LogP contribution < -0.4 is 10.6 Å². The summed E-state index contributed by atoms with van der Waals surface area (Å²) < 4.78 is 10.2. The van der Waals surface area contributed by atoms with Crippen molar-refractivity contribution in [3.8, 4) is 0 Å². The minimum atomic E-state index is -0.878. The van der Waals surface area contributed by atoms with Crippen LogP contribution in [0.3, 0.4) is 0 Å². The Kier molecular flexibility index (Phi) is 10.4. The number of esters is 1. The van der Waals surface area contributed by atoms with Crippen LogP contribution in [0.15, 0.2) is 30.3 Å². The zero-order valence-electron chi connectivity index (χ0n) is 16.9. The number of hydrogen-bond donors (Lipinski definition) is 2. The second kappa shape index (κ2) is 12.3. The van der Waals surface area contributed by atoms with Gasteiger partial charge in [-0.3, -0.25) is 4.79 Å². The first-order valence-electron chi connectivity index (χ1n) is 9.25. The maximum Gasteiger partial charge on any atom is 0.408 e. The van der Waals surface area contributed by atoms with E-state index in [-0.39, 0.29) is 24.0 Å². The van der Waals surface area contributed by atoms with Gasteiger partial charge in [0.05, 0.1) is 12.4 Å². The quantitative estimate of drug-likeness (QED) is 0.576. The van der Waals surface area contributed by atoms with E-state index in [9.17, 15) is 14.4 Å². The van der Waals surface area contributed by atoms with Crippen LogP contribution in [-0.2, 0) is 25.5 Å². The largest absolute Gasteiger partial charge is 0.464 e. The van der Waals surface area contributed by atoms with Gasteiger partial charge in [-0.1, -0.05) is 30.3 Å². The predicted octanol–water partition coefficient (Wildman–Crippen LogP) is 2.53. The Balaban J connectivity index is 2.38. The highest BCUT2D eigenvalue weighted by Crippen LogP contribution is 2.09. The summed E-state index contributed by atoms with van der Waals surface area (Å²) in [6.07, 6.45) is 0.0570. The Bertz CT molecular complexity index is 631. The molecule has 0 aliphatic heterocycles. The van der Waals surface area contributed by atoms with E-state index in [1.165, 1.54) is 11.8 Å². The lowest BCUT2D eigenvalue weighted by atomic mass is 10.1. The lowest BCUT2D eigenvalue weighted by molar-refractivity contribution is -0.145. The molecule has 1 aromatic rings. The number of carbonyl (C=O) groups excluding carboxylic acids is 3. The summed E-state index contributed by atoms with van der Waals surface area (Å²) >= 11 is 1.25. The van der Waals surface area contributed by atoms with Crippen molar-refractivity contribution in [3.63, 3.8) is 0 Å². The van der Waals surface area contributed by atoms with Gasteiger partial charge in [-0.25, -0.2) is 9.59 Å². The fraction of sp³-hybridized carbons (Fsp3) is 0.550. The van der Waals surface area contributed by atoms with Crippen molar-refractivity contribution in [1.82, 2.24) is 10.6 Å². The van der Waals surface area contributed by atoms with Crippen molar-refractivity contribution in [2.75, 3.05) is 24.7 Å². The molecule has 0 bridgehead atoms. The molecule has 0 radical (unpaired) electrons. The minimum absolute atomic E-state index is 0.124. The normalized spacial score (nSPS) is 12.0. The topological polar surface area (TPSA) is 93.7 Å². The van der Waals surface area contributed by atoms with Gasteiger partial charge in [0.1, 0.15) is 11.6 Å². The number of carbonyl (C=O) groups is 3. The molecule has 1 rings (SSSR count). The molecule has 28 heavy (non-hydrogen) atoms.